The summed E-state index contributed by atoms with van der Waals surface area (Å²) < 4.78 is 0. The Bertz CT molecular complexity index is 2730. The van der Waals surface area contributed by atoms with E-state index in [0.717, 1.165) is 77.5 Å². The molecule has 2 aromatic heterocycles. The number of pyridine rings is 2. The van der Waals surface area contributed by atoms with Gasteiger partial charge in [0.1, 0.15) is 11.6 Å². The molecule has 0 spiro atoms. The lowest BCUT2D eigenvalue weighted by molar-refractivity contribution is 1.20. The molecule has 0 saturated carbocycles. The van der Waals surface area contributed by atoms with E-state index in [1.165, 1.54) is 16.7 Å². The van der Waals surface area contributed by atoms with E-state index in [0.29, 0.717) is 0 Å². The van der Waals surface area contributed by atoms with E-state index in [2.05, 4.69) is 182 Å². The molecule has 2 heterocycles. The van der Waals surface area contributed by atoms with Crippen LogP contribution in [-0.4, -0.2) is 9.97 Å². The molecule has 0 fully saturated rings. The van der Waals surface area contributed by atoms with Crippen molar-refractivity contribution in [2.45, 2.75) is 48.5 Å². The zero-order valence-corrected chi connectivity index (χ0v) is 32.9. The van der Waals surface area contributed by atoms with E-state index < -0.39 is 0 Å². The third-order valence-electron chi connectivity index (χ3n) is 10.0. The fourth-order valence-corrected chi connectivity index (χ4v) is 7.47. The molecule has 0 aliphatic heterocycles. The lowest BCUT2D eigenvalue weighted by Gasteiger charge is -2.33. The summed E-state index contributed by atoms with van der Waals surface area (Å²) in [7, 11) is 0. The van der Waals surface area contributed by atoms with Crippen molar-refractivity contribution in [3.05, 3.63) is 181 Å². The van der Waals surface area contributed by atoms with Crippen LogP contribution < -0.4 is 9.80 Å². The predicted molar refractivity (Wildman–Crippen MR) is 238 cm³/mol. The highest BCUT2D eigenvalue weighted by atomic mass is 15.2. The molecule has 9 rings (SSSR count). The normalized spacial score (nSPS) is 10.8. The molecule has 0 atom stereocenters. The number of anilines is 6. The molecule has 4 heteroatoms. The van der Waals surface area contributed by atoms with Gasteiger partial charge in [-0.15, -0.1) is 0 Å². The van der Waals surface area contributed by atoms with Crippen molar-refractivity contribution in [2.75, 3.05) is 9.80 Å². The highest BCUT2D eigenvalue weighted by molar-refractivity contribution is 6.24. The van der Waals surface area contributed by atoms with Crippen LogP contribution in [0.3, 0.4) is 0 Å². The Morgan fingerprint density at radius 3 is 1.24 bits per heavy atom. The second-order valence-corrected chi connectivity index (χ2v) is 13.3. The minimum Gasteiger partial charge on any atom is -0.293 e. The van der Waals surface area contributed by atoms with Crippen molar-refractivity contribution in [1.82, 2.24) is 9.97 Å². The third-order valence-corrected chi connectivity index (χ3v) is 10.0. The van der Waals surface area contributed by atoms with E-state index >= 15 is 0 Å². The summed E-state index contributed by atoms with van der Waals surface area (Å²) in [5.41, 5.74) is 7.94. The molecular weight excluding hydrogens is 669 g/mol. The van der Waals surface area contributed by atoms with E-state index in [1.54, 1.807) is 0 Å². The highest BCUT2D eigenvalue weighted by Crippen LogP contribution is 2.52. The van der Waals surface area contributed by atoms with Gasteiger partial charge in [-0.1, -0.05) is 130 Å². The van der Waals surface area contributed by atoms with E-state index in [1.807, 2.05) is 40.1 Å². The Balaban J connectivity index is 0.00000113. The molecule has 0 unspecified atom stereocenters. The second kappa shape index (κ2) is 16.2. The second-order valence-electron chi connectivity index (χ2n) is 13.3. The summed E-state index contributed by atoms with van der Waals surface area (Å²) in [5, 5.41) is 9.04. The average molecular weight is 717 g/mol. The van der Waals surface area contributed by atoms with Gasteiger partial charge in [0.2, 0.25) is 0 Å². The van der Waals surface area contributed by atoms with Crippen LogP contribution >= 0.6 is 0 Å². The number of fused-ring (bicyclic) bond motifs is 4. The van der Waals surface area contributed by atoms with Crippen LogP contribution in [0, 0.1) is 20.8 Å². The summed E-state index contributed by atoms with van der Waals surface area (Å²) in [5.74, 6) is 1.79. The highest BCUT2D eigenvalue weighted by Gasteiger charge is 2.28. The summed E-state index contributed by atoms with van der Waals surface area (Å²) in [6, 6.07) is 54.1. The first-order valence-electron chi connectivity index (χ1n) is 19.4. The Morgan fingerprint density at radius 2 is 0.764 bits per heavy atom. The van der Waals surface area contributed by atoms with E-state index in [4.69, 9.17) is 9.97 Å². The lowest BCUT2D eigenvalue weighted by Crippen LogP contribution is -2.16. The van der Waals surface area contributed by atoms with Crippen molar-refractivity contribution < 1.29 is 0 Å². The third kappa shape index (κ3) is 6.77. The summed E-state index contributed by atoms with van der Waals surface area (Å²) in [6.07, 6.45) is 3.85. The number of nitrogens with zero attached hydrogens (tertiary/aromatic N) is 4. The molecular formula is C51H48N4. The van der Waals surface area contributed by atoms with E-state index in [9.17, 15) is 0 Å². The quantitative estimate of drug-likeness (QED) is 0.127. The fourth-order valence-electron chi connectivity index (χ4n) is 7.47. The molecule has 0 amide bonds. The van der Waals surface area contributed by atoms with Crippen LogP contribution in [0.1, 0.15) is 44.4 Å². The van der Waals surface area contributed by atoms with Crippen molar-refractivity contribution in [1.29, 1.82) is 0 Å². The summed E-state index contributed by atoms with van der Waals surface area (Å²) in [6.45, 7) is 14.6. The number of aromatic nitrogens is 2. The van der Waals surface area contributed by atoms with Crippen LogP contribution in [0.15, 0.2) is 164 Å². The van der Waals surface area contributed by atoms with Crippen molar-refractivity contribution in [2.24, 2.45) is 0 Å². The maximum atomic E-state index is 5.13. The first-order valence-corrected chi connectivity index (χ1v) is 19.4. The monoisotopic (exact) mass is 716 g/mol. The van der Waals surface area contributed by atoms with Crippen LogP contribution in [0.4, 0.5) is 34.4 Å². The molecule has 0 aliphatic carbocycles. The Hall–Kier alpha value is -6.52. The average Bonchev–Trinajstić information content (AvgIpc) is 3.25. The number of hydrogen-bond acceptors (Lipinski definition) is 4. The SMILES string of the molecule is CC.CC.Cc1ccc2c(N(c3ccccc3)c3nccc4ccccc34)c3cc(C)c(C)cc3c(N(c3ccccc3)c3nccc4ccccc34)c2c1. The smallest absolute Gasteiger partial charge is 0.145 e. The van der Waals surface area contributed by atoms with Gasteiger partial charge in [0, 0.05) is 56.1 Å². The van der Waals surface area contributed by atoms with Crippen LogP contribution in [0.2, 0.25) is 0 Å². The number of benzene rings is 7. The van der Waals surface area contributed by atoms with Gasteiger partial charge < -0.3 is 0 Å². The molecule has 0 radical (unpaired) electrons. The lowest BCUT2D eigenvalue weighted by atomic mass is 9.92. The number of rotatable bonds is 6. The van der Waals surface area contributed by atoms with Gasteiger partial charge in [-0.3, -0.25) is 9.80 Å². The topological polar surface area (TPSA) is 32.3 Å². The minimum atomic E-state index is 0.893. The number of hydrogen-bond donors (Lipinski definition) is 0. The number of para-hydroxylation sites is 2. The molecule has 0 aliphatic rings. The van der Waals surface area contributed by atoms with Gasteiger partial charge >= 0.3 is 0 Å². The number of aryl methyl sites for hydroxylation is 3. The van der Waals surface area contributed by atoms with Crippen molar-refractivity contribution >= 4 is 77.5 Å². The standard InChI is InChI=1S/C47H36N4.2C2H6/c1-31-22-23-40-41(28-31)45(51(37-18-8-5-9-19-37)47-39-21-13-11-15-35(39)25-27-49-47)43-30-33(3)32(2)29-42(43)44(40)50(36-16-6-4-7-17-36)46-38-20-12-10-14-34(38)24-26-48-46;2*1-2/h4-30H,1-3H3;2*1-2H3. The van der Waals surface area contributed by atoms with Gasteiger partial charge in [-0.25, -0.2) is 9.97 Å². The Morgan fingerprint density at radius 1 is 0.364 bits per heavy atom. The fraction of sp³-hybridized carbons (Fsp3) is 0.137. The largest absolute Gasteiger partial charge is 0.293 e. The Labute approximate surface area is 325 Å². The molecule has 272 valence electrons. The minimum absolute atomic E-state index is 0.893. The molecule has 0 N–H and O–H groups in total. The predicted octanol–water partition coefficient (Wildman–Crippen LogP) is 15.0. The van der Waals surface area contributed by atoms with Gasteiger partial charge in [-0.2, -0.15) is 0 Å². The zero-order valence-electron chi connectivity index (χ0n) is 32.9. The van der Waals surface area contributed by atoms with E-state index in [-0.39, 0.29) is 0 Å². The van der Waals surface area contributed by atoms with Gasteiger partial charge in [0.05, 0.1) is 11.4 Å². The Kier molecular flexibility index (Phi) is 10.9. The zero-order chi connectivity index (χ0) is 38.5. The molecule has 7 aromatic carbocycles. The van der Waals surface area contributed by atoms with Gasteiger partial charge in [-0.05, 0) is 97.3 Å². The molecule has 4 nitrogen and oxygen atoms in total. The van der Waals surface area contributed by atoms with Crippen molar-refractivity contribution in [3.63, 3.8) is 0 Å². The maximum Gasteiger partial charge on any atom is 0.145 e. The molecule has 55 heavy (non-hydrogen) atoms. The van der Waals surface area contributed by atoms with Crippen molar-refractivity contribution in [3.8, 4) is 0 Å². The van der Waals surface area contributed by atoms with Gasteiger partial charge in [0.25, 0.3) is 0 Å². The molecule has 9 aromatic rings. The maximum absolute atomic E-state index is 5.13. The van der Waals surface area contributed by atoms with Crippen LogP contribution in [-0.2, 0) is 0 Å². The first kappa shape index (κ1) is 36.8. The van der Waals surface area contributed by atoms with Gasteiger partial charge in [0.15, 0.2) is 0 Å². The van der Waals surface area contributed by atoms with Crippen LogP contribution in [0.5, 0.6) is 0 Å². The summed E-state index contributed by atoms with van der Waals surface area (Å²) in [4.78, 5) is 15.0. The van der Waals surface area contributed by atoms with Crippen LogP contribution in [0.25, 0.3) is 43.1 Å². The molecule has 0 saturated heterocycles. The summed E-state index contributed by atoms with van der Waals surface area (Å²) >= 11 is 0. The first-order chi connectivity index (χ1) is 27.1. The molecule has 0 bridgehead atoms.